The van der Waals surface area contributed by atoms with E-state index in [1.807, 2.05) is 19.1 Å². The maximum atomic E-state index is 11.7. The second-order valence-corrected chi connectivity index (χ2v) is 4.89. The summed E-state index contributed by atoms with van der Waals surface area (Å²) in [4.78, 5) is 15.9. The van der Waals surface area contributed by atoms with Crippen molar-refractivity contribution in [2.24, 2.45) is 0 Å². The van der Waals surface area contributed by atoms with Crippen LogP contribution < -0.4 is 10.1 Å². The maximum absolute atomic E-state index is 11.7. The molecule has 0 bridgehead atoms. The lowest BCUT2D eigenvalue weighted by Crippen LogP contribution is -2.20. The molecule has 0 atom stereocenters. The molecule has 1 amide bonds. The van der Waals surface area contributed by atoms with Gasteiger partial charge in [-0.1, -0.05) is 29.3 Å². The number of benzene rings is 1. The minimum atomic E-state index is -0.297. The fraction of sp³-hybridized carbons (Fsp3) is 0.143. The monoisotopic (exact) mass is 310 g/mol. The van der Waals surface area contributed by atoms with Crippen molar-refractivity contribution in [1.82, 2.24) is 4.98 Å². The minimum absolute atomic E-state index is 0.131. The molecule has 4 nitrogen and oxygen atoms in total. The Hall–Kier alpha value is -1.78. The third kappa shape index (κ3) is 4.11. The molecule has 1 aromatic heterocycles. The van der Waals surface area contributed by atoms with Crippen LogP contribution >= 0.6 is 23.2 Å². The zero-order valence-electron chi connectivity index (χ0n) is 10.7. The van der Waals surface area contributed by atoms with Gasteiger partial charge in [-0.05, 0) is 31.2 Å². The Morgan fingerprint density at radius 1 is 1.25 bits per heavy atom. The first-order valence-electron chi connectivity index (χ1n) is 5.86. The normalized spacial score (nSPS) is 10.2. The van der Waals surface area contributed by atoms with Gasteiger partial charge in [0.05, 0.1) is 10.0 Å². The molecular formula is C14H12Cl2N2O2. The molecule has 0 aliphatic carbocycles. The van der Waals surface area contributed by atoms with Gasteiger partial charge in [0.25, 0.3) is 5.91 Å². The number of hydrogen-bond donors (Lipinski definition) is 1. The Bertz CT molecular complexity index is 632. The summed E-state index contributed by atoms with van der Waals surface area (Å²) in [6, 6.07) is 10.2. The number of pyridine rings is 1. The summed E-state index contributed by atoms with van der Waals surface area (Å²) in [5.74, 6) is 0.675. The first kappa shape index (κ1) is 14.6. The van der Waals surface area contributed by atoms with Crippen molar-refractivity contribution in [3.05, 3.63) is 52.1 Å². The molecule has 0 saturated carbocycles. The van der Waals surface area contributed by atoms with Crippen LogP contribution in [0.2, 0.25) is 10.0 Å². The van der Waals surface area contributed by atoms with E-state index in [4.69, 9.17) is 27.9 Å². The van der Waals surface area contributed by atoms with Crippen LogP contribution in [0.15, 0.2) is 36.4 Å². The second-order valence-electron chi connectivity index (χ2n) is 4.08. The Morgan fingerprint density at radius 2 is 2.05 bits per heavy atom. The number of carbonyl (C=O) groups is 1. The lowest BCUT2D eigenvalue weighted by Gasteiger charge is -2.08. The zero-order valence-corrected chi connectivity index (χ0v) is 12.2. The average Bonchev–Trinajstić information content (AvgIpc) is 2.40. The quantitative estimate of drug-likeness (QED) is 0.936. The summed E-state index contributed by atoms with van der Waals surface area (Å²) in [5.41, 5.74) is 0.827. The van der Waals surface area contributed by atoms with Gasteiger partial charge < -0.3 is 10.1 Å². The number of amides is 1. The highest BCUT2D eigenvalue weighted by atomic mass is 35.5. The summed E-state index contributed by atoms with van der Waals surface area (Å²) in [6.45, 7) is 1.72. The largest absolute Gasteiger partial charge is 0.484 e. The summed E-state index contributed by atoms with van der Waals surface area (Å²) >= 11 is 11.6. The minimum Gasteiger partial charge on any atom is -0.484 e. The molecule has 0 aliphatic rings. The maximum Gasteiger partial charge on any atom is 0.263 e. The SMILES string of the molecule is Cc1cccc(NC(=O)COc2ccc(Cl)c(Cl)c2)n1. The van der Waals surface area contributed by atoms with Crippen LogP contribution in [-0.2, 0) is 4.79 Å². The highest BCUT2D eigenvalue weighted by Gasteiger charge is 2.06. The van der Waals surface area contributed by atoms with Crippen LogP contribution in [0.5, 0.6) is 5.75 Å². The summed E-state index contributed by atoms with van der Waals surface area (Å²) in [5, 5.41) is 3.46. The van der Waals surface area contributed by atoms with Gasteiger partial charge >= 0.3 is 0 Å². The number of nitrogens with zero attached hydrogens (tertiary/aromatic N) is 1. The van der Waals surface area contributed by atoms with Crippen molar-refractivity contribution < 1.29 is 9.53 Å². The first-order chi connectivity index (χ1) is 9.54. The van der Waals surface area contributed by atoms with Crippen molar-refractivity contribution in [2.75, 3.05) is 11.9 Å². The number of carbonyl (C=O) groups excluding carboxylic acids is 1. The van der Waals surface area contributed by atoms with E-state index < -0.39 is 0 Å². The van der Waals surface area contributed by atoms with Gasteiger partial charge in [0, 0.05) is 11.8 Å². The predicted molar refractivity (Wildman–Crippen MR) is 79.6 cm³/mol. The molecule has 2 rings (SSSR count). The number of nitrogens with one attached hydrogen (secondary N) is 1. The van der Waals surface area contributed by atoms with Crippen molar-refractivity contribution in [1.29, 1.82) is 0 Å². The van der Waals surface area contributed by atoms with E-state index in [1.165, 1.54) is 0 Å². The third-order valence-corrected chi connectivity index (χ3v) is 3.16. The molecular weight excluding hydrogens is 299 g/mol. The highest BCUT2D eigenvalue weighted by Crippen LogP contribution is 2.26. The van der Waals surface area contributed by atoms with E-state index in [-0.39, 0.29) is 12.5 Å². The lowest BCUT2D eigenvalue weighted by atomic mass is 10.3. The summed E-state index contributed by atoms with van der Waals surface area (Å²) < 4.78 is 5.32. The van der Waals surface area contributed by atoms with Gasteiger partial charge in [-0.2, -0.15) is 0 Å². The van der Waals surface area contributed by atoms with Crippen molar-refractivity contribution in [2.45, 2.75) is 6.92 Å². The summed E-state index contributed by atoms with van der Waals surface area (Å²) in [6.07, 6.45) is 0. The Labute approximate surface area is 126 Å². The third-order valence-electron chi connectivity index (χ3n) is 2.42. The fourth-order valence-corrected chi connectivity index (χ4v) is 1.80. The molecule has 1 N–H and O–H groups in total. The van der Waals surface area contributed by atoms with Crippen molar-refractivity contribution in [3.8, 4) is 5.75 Å². The van der Waals surface area contributed by atoms with E-state index in [1.54, 1.807) is 24.3 Å². The number of anilines is 1. The number of halogens is 2. The molecule has 20 heavy (non-hydrogen) atoms. The van der Waals surface area contributed by atoms with Crippen molar-refractivity contribution >= 4 is 34.9 Å². The van der Waals surface area contributed by atoms with Crippen LogP contribution in [0, 0.1) is 6.92 Å². The van der Waals surface area contributed by atoms with Crippen molar-refractivity contribution in [3.63, 3.8) is 0 Å². The number of rotatable bonds is 4. The zero-order chi connectivity index (χ0) is 14.5. The number of aromatic nitrogens is 1. The molecule has 0 saturated heterocycles. The van der Waals surface area contributed by atoms with E-state index in [2.05, 4.69) is 10.3 Å². The van der Waals surface area contributed by atoms with Crippen LogP contribution in [0.4, 0.5) is 5.82 Å². The van der Waals surface area contributed by atoms with Gasteiger partial charge in [-0.25, -0.2) is 4.98 Å². The standard InChI is InChI=1S/C14H12Cl2N2O2/c1-9-3-2-4-13(17-9)18-14(19)8-20-10-5-6-11(15)12(16)7-10/h2-7H,8H2,1H3,(H,17,18,19). The van der Waals surface area contributed by atoms with E-state index in [0.29, 0.717) is 21.6 Å². The first-order valence-corrected chi connectivity index (χ1v) is 6.61. The Morgan fingerprint density at radius 3 is 2.75 bits per heavy atom. The second kappa shape index (κ2) is 6.59. The molecule has 0 radical (unpaired) electrons. The highest BCUT2D eigenvalue weighted by molar-refractivity contribution is 6.42. The van der Waals surface area contributed by atoms with Crippen LogP contribution in [0.3, 0.4) is 0 Å². The molecule has 0 spiro atoms. The van der Waals surface area contributed by atoms with Gasteiger partial charge in [-0.15, -0.1) is 0 Å². The van der Waals surface area contributed by atoms with E-state index in [9.17, 15) is 4.79 Å². The molecule has 2 aromatic rings. The Kier molecular flexibility index (Phi) is 4.82. The van der Waals surface area contributed by atoms with Gasteiger partial charge in [0.2, 0.25) is 0 Å². The van der Waals surface area contributed by atoms with Crippen LogP contribution in [-0.4, -0.2) is 17.5 Å². The molecule has 104 valence electrons. The molecule has 1 aromatic carbocycles. The average molecular weight is 311 g/mol. The number of hydrogen-bond acceptors (Lipinski definition) is 3. The van der Waals surface area contributed by atoms with E-state index >= 15 is 0 Å². The number of aryl methyl sites for hydroxylation is 1. The van der Waals surface area contributed by atoms with Crippen LogP contribution in [0.1, 0.15) is 5.69 Å². The number of ether oxygens (including phenoxy) is 1. The lowest BCUT2D eigenvalue weighted by molar-refractivity contribution is -0.118. The molecule has 0 fully saturated rings. The van der Waals surface area contributed by atoms with E-state index in [0.717, 1.165) is 5.69 Å². The van der Waals surface area contributed by atoms with Gasteiger partial charge in [-0.3, -0.25) is 4.79 Å². The molecule has 6 heteroatoms. The molecule has 0 aliphatic heterocycles. The smallest absolute Gasteiger partial charge is 0.263 e. The molecule has 1 heterocycles. The Balaban J connectivity index is 1.90. The van der Waals surface area contributed by atoms with Gasteiger partial charge in [0.1, 0.15) is 11.6 Å². The molecule has 0 unspecified atom stereocenters. The fourth-order valence-electron chi connectivity index (χ4n) is 1.51. The summed E-state index contributed by atoms with van der Waals surface area (Å²) in [7, 11) is 0. The van der Waals surface area contributed by atoms with Gasteiger partial charge in [0.15, 0.2) is 6.61 Å². The topological polar surface area (TPSA) is 51.2 Å². The van der Waals surface area contributed by atoms with Crippen LogP contribution in [0.25, 0.3) is 0 Å². The predicted octanol–water partition coefficient (Wildman–Crippen LogP) is 3.71.